The van der Waals surface area contributed by atoms with Gasteiger partial charge < -0.3 is 5.32 Å². The maximum Gasteiger partial charge on any atom is 0.282 e. The van der Waals surface area contributed by atoms with Crippen molar-refractivity contribution in [3.63, 3.8) is 0 Å². The molecule has 0 aliphatic carbocycles. The van der Waals surface area contributed by atoms with Gasteiger partial charge in [-0.1, -0.05) is 35.1 Å². The van der Waals surface area contributed by atoms with Crippen LogP contribution >= 0.6 is 22.9 Å². The first-order valence-corrected chi connectivity index (χ1v) is 9.10. The fourth-order valence-corrected chi connectivity index (χ4v) is 3.12. The van der Waals surface area contributed by atoms with E-state index in [4.69, 9.17) is 11.6 Å². The minimum Gasteiger partial charge on any atom is -0.346 e. The van der Waals surface area contributed by atoms with Gasteiger partial charge in [-0.2, -0.15) is 0 Å². The predicted molar refractivity (Wildman–Crippen MR) is 104 cm³/mol. The van der Waals surface area contributed by atoms with Crippen molar-refractivity contribution in [3.8, 4) is 0 Å². The summed E-state index contributed by atoms with van der Waals surface area (Å²) in [7, 11) is 0. The minimum absolute atomic E-state index is 0.0238. The van der Waals surface area contributed by atoms with E-state index in [2.05, 4.69) is 15.5 Å². The molecule has 2 aromatic carbocycles. The van der Waals surface area contributed by atoms with Gasteiger partial charge in [-0.15, -0.1) is 10.2 Å². The Morgan fingerprint density at radius 3 is 2.43 bits per heavy atom. The highest BCUT2D eigenvalue weighted by atomic mass is 35.5. The van der Waals surface area contributed by atoms with E-state index < -0.39 is 10.8 Å². The molecule has 0 radical (unpaired) electrons. The van der Waals surface area contributed by atoms with E-state index in [9.17, 15) is 19.3 Å². The number of nitro groups is 1. The summed E-state index contributed by atoms with van der Waals surface area (Å²) in [4.78, 5) is 22.4. The van der Waals surface area contributed by atoms with Crippen molar-refractivity contribution in [2.75, 3.05) is 0 Å². The monoisotopic (exact) mass is 418 g/mol. The van der Waals surface area contributed by atoms with Crippen molar-refractivity contribution in [1.82, 2.24) is 15.5 Å². The molecule has 1 aromatic heterocycles. The lowest BCUT2D eigenvalue weighted by atomic mass is 10.2. The molecule has 0 aliphatic rings. The molecule has 1 amide bonds. The van der Waals surface area contributed by atoms with Crippen LogP contribution in [0.3, 0.4) is 0 Å². The first-order chi connectivity index (χ1) is 13.4. The number of nitro benzene ring substituents is 1. The average Bonchev–Trinajstić information content (AvgIpc) is 3.18. The number of benzene rings is 2. The summed E-state index contributed by atoms with van der Waals surface area (Å²) in [6.45, 7) is 0.223. The summed E-state index contributed by atoms with van der Waals surface area (Å²) in [6, 6.07) is 11.6. The molecule has 142 valence electrons. The lowest BCUT2D eigenvalue weighted by Crippen LogP contribution is -2.22. The number of rotatable bonds is 6. The molecule has 0 saturated carbocycles. The fourth-order valence-electron chi connectivity index (χ4n) is 2.17. The van der Waals surface area contributed by atoms with Crippen LogP contribution < -0.4 is 5.32 Å². The Labute approximate surface area is 167 Å². The molecule has 10 heteroatoms. The van der Waals surface area contributed by atoms with Crippen molar-refractivity contribution >= 4 is 45.6 Å². The Hall–Kier alpha value is -3.17. The van der Waals surface area contributed by atoms with Crippen LogP contribution in [-0.4, -0.2) is 21.0 Å². The second kappa shape index (κ2) is 8.68. The molecular formula is C18H12ClFN4O3S. The molecule has 1 heterocycles. The van der Waals surface area contributed by atoms with Crippen LogP contribution in [0.1, 0.15) is 25.9 Å². The van der Waals surface area contributed by atoms with E-state index in [0.717, 1.165) is 16.9 Å². The molecule has 0 spiro atoms. The Morgan fingerprint density at radius 1 is 1.14 bits per heavy atom. The second-order valence-electron chi connectivity index (χ2n) is 5.56. The van der Waals surface area contributed by atoms with Gasteiger partial charge in [0.25, 0.3) is 11.6 Å². The molecule has 0 fully saturated rings. The van der Waals surface area contributed by atoms with Crippen LogP contribution in [0.4, 0.5) is 10.1 Å². The third-order valence-corrected chi connectivity index (χ3v) is 4.94. The normalized spacial score (nSPS) is 11.3. The number of halogens is 2. The standard InChI is InChI=1S/C18H12ClFN4O3S/c19-15(9-11-3-7-14(8-4-11)24(26)27)17-22-23-18(28-17)16(25)21-10-12-1-5-13(20)6-2-12/h1-9H,10H2,(H,21,25)/b15-9-. The summed E-state index contributed by atoms with van der Waals surface area (Å²) in [5, 5.41) is 21.8. The summed E-state index contributed by atoms with van der Waals surface area (Å²) < 4.78 is 12.9. The molecular weight excluding hydrogens is 407 g/mol. The van der Waals surface area contributed by atoms with E-state index >= 15 is 0 Å². The third-order valence-electron chi connectivity index (χ3n) is 3.59. The van der Waals surface area contributed by atoms with Crippen LogP contribution in [0.5, 0.6) is 0 Å². The topological polar surface area (TPSA) is 98.0 Å². The van der Waals surface area contributed by atoms with Crippen molar-refractivity contribution in [1.29, 1.82) is 0 Å². The predicted octanol–water partition coefficient (Wildman–Crippen LogP) is 4.25. The molecule has 3 aromatic rings. The summed E-state index contributed by atoms with van der Waals surface area (Å²) in [5.41, 5.74) is 1.37. The van der Waals surface area contributed by atoms with Crippen LogP contribution in [0, 0.1) is 15.9 Å². The number of amides is 1. The number of carbonyl (C=O) groups excluding carboxylic acids is 1. The summed E-state index contributed by atoms with van der Waals surface area (Å²) >= 11 is 7.23. The molecule has 7 nitrogen and oxygen atoms in total. The zero-order valence-corrected chi connectivity index (χ0v) is 15.7. The molecule has 0 saturated heterocycles. The van der Waals surface area contributed by atoms with Gasteiger partial charge in [-0.05, 0) is 41.5 Å². The van der Waals surface area contributed by atoms with Gasteiger partial charge in [0.05, 0.1) is 9.96 Å². The van der Waals surface area contributed by atoms with Crippen molar-refractivity contribution in [2.24, 2.45) is 0 Å². The van der Waals surface area contributed by atoms with Gasteiger partial charge in [0.15, 0.2) is 5.01 Å². The lowest BCUT2D eigenvalue weighted by molar-refractivity contribution is -0.384. The second-order valence-corrected chi connectivity index (χ2v) is 6.95. The number of non-ortho nitro benzene ring substituents is 1. The number of nitrogens with one attached hydrogen (secondary N) is 1. The van der Waals surface area contributed by atoms with Crippen LogP contribution in [0.2, 0.25) is 0 Å². The van der Waals surface area contributed by atoms with Crippen LogP contribution in [0.15, 0.2) is 48.5 Å². The highest BCUT2D eigenvalue weighted by Gasteiger charge is 2.14. The molecule has 0 unspecified atom stereocenters. The van der Waals surface area contributed by atoms with E-state index in [1.165, 1.54) is 24.3 Å². The number of carbonyl (C=O) groups is 1. The van der Waals surface area contributed by atoms with Gasteiger partial charge in [-0.3, -0.25) is 14.9 Å². The highest BCUT2D eigenvalue weighted by Crippen LogP contribution is 2.26. The number of hydrogen-bond donors (Lipinski definition) is 1. The van der Waals surface area contributed by atoms with Gasteiger partial charge in [0.2, 0.25) is 5.01 Å². The molecule has 28 heavy (non-hydrogen) atoms. The summed E-state index contributed by atoms with van der Waals surface area (Å²) in [5.74, 6) is -0.772. The van der Waals surface area contributed by atoms with E-state index in [1.807, 2.05) is 0 Å². The first kappa shape index (κ1) is 19.6. The average molecular weight is 419 g/mol. The smallest absolute Gasteiger partial charge is 0.282 e. The zero-order chi connectivity index (χ0) is 20.1. The number of hydrogen-bond acceptors (Lipinski definition) is 6. The summed E-state index contributed by atoms with van der Waals surface area (Å²) in [6.07, 6.45) is 1.58. The molecule has 0 atom stereocenters. The Balaban J connectivity index is 1.65. The Kier molecular flexibility index (Phi) is 6.07. The van der Waals surface area contributed by atoms with E-state index in [0.29, 0.717) is 10.6 Å². The largest absolute Gasteiger partial charge is 0.346 e. The fraction of sp³-hybridized carbons (Fsp3) is 0.0556. The Morgan fingerprint density at radius 2 is 1.79 bits per heavy atom. The SMILES string of the molecule is O=C(NCc1ccc(F)cc1)c1nnc(/C(Cl)=C/c2ccc([N+](=O)[O-])cc2)s1. The zero-order valence-electron chi connectivity index (χ0n) is 14.1. The quantitative estimate of drug-likeness (QED) is 0.476. The van der Waals surface area contributed by atoms with Crippen molar-refractivity contribution in [2.45, 2.75) is 6.54 Å². The highest BCUT2D eigenvalue weighted by molar-refractivity contribution is 7.15. The van der Waals surface area contributed by atoms with Gasteiger partial charge in [0.1, 0.15) is 5.82 Å². The Bertz CT molecular complexity index is 1040. The lowest BCUT2D eigenvalue weighted by Gasteiger charge is -2.02. The van der Waals surface area contributed by atoms with Crippen LogP contribution in [-0.2, 0) is 6.54 Å². The maximum absolute atomic E-state index is 12.9. The molecule has 3 rings (SSSR count). The first-order valence-electron chi connectivity index (χ1n) is 7.90. The minimum atomic E-state index is -0.489. The van der Waals surface area contributed by atoms with Gasteiger partial charge in [0, 0.05) is 18.7 Å². The van der Waals surface area contributed by atoms with E-state index in [1.54, 1.807) is 30.3 Å². The van der Waals surface area contributed by atoms with Gasteiger partial charge >= 0.3 is 0 Å². The maximum atomic E-state index is 12.9. The van der Waals surface area contributed by atoms with Gasteiger partial charge in [-0.25, -0.2) is 4.39 Å². The molecule has 0 aliphatic heterocycles. The van der Waals surface area contributed by atoms with Crippen LogP contribution in [0.25, 0.3) is 11.1 Å². The van der Waals surface area contributed by atoms with Crippen molar-refractivity contribution < 1.29 is 14.1 Å². The van der Waals surface area contributed by atoms with Crippen molar-refractivity contribution in [3.05, 3.63) is 85.6 Å². The van der Waals surface area contributed by atoms with E-state index in [-0.39, 0.29) is 28.1 Å². The number of aromatic nitrogens is 2. The number of nitrogens with zero attached hydrogens (tertiary/aromatic N) is 3. The third kappa shape index (κ3) is 4.96. The molecule has 1 N–H and O–H groups in total. The molecule has 0 bridgehead atoms.